The summed E-state index contributed by atoms with van der Waals surface area (Å²) in [7, 11) is -1.16. The minimum Gasteiger partial charge on any atom is -0.399 e. The first-order valence-corrected chi connectivity index (χ1v) is 8.93. The van der Waals surface area contributed by atoms with Gasteiger partial charge in [-0.05, 0) is 52.0 Å². The van der Waals surface area contributed by atoms with E-state index >= 15 is 0 Å². The standard InChI is InChI=1S/C20H19BF2N2O3/c1-19(2)20(3,4)28-21(27-19)16-13(22)9-11(10-14(16)23)17-24-15-8-6-5-7-12(15)18(26)25-17/h5-10H,1-4H3,(H,24,25,26). The highest BCUT2D eigenvalue weighted by atomic mass is 19.1. The van der Waals surface area contributed by atoms with E-state index in [0.717, 1.165) is 12.1 Å². The lowest BCUT2D eigenvalue weighted by molar-refractivity contribution is 0.00578. The summed E-state index contributed by atoms with van der Waals surface area (Å²) in [5.41, 5.74) is -1.56. The smallest absolute Gasteiger partial charge is 0.399 e. The molecule has 0 saturated carbocycles. The van der Waals surface area contributed by atoms with Gasteiger partial charge < -0.3 is 14.3 Å². The van der Waals surface area contributed by atoms with Gasteiger partial charge in [-0.25, -0.2) is 13.8 Å². The minimum atomic E-state index is -1.16. The normalized spacial score (nSPS) is 18.0. The molecule has 0 spiro atoms. The first kappa shape index (κ1) is 18.8. The molecule has 1 fully saturated rings. The van der Waals surface area contributed by atoms with Crippen LogP contribution in [0.2, 0.25) is 0 Å². The molecule has 8 heteroatoms. The van der Waals surface area contributed by atoms with Gasteiger partial charge in [0, 0.05) is 5.56 Å². The van der Waals surface area contributed by atoms with Gasteiger partial charge in [0.15, 0.2) is 0 Å². The van der Waals surface area contributed by atoms with E-state index in [0.29, 0.717) is 10.9 Å². The maximum atomic E-state index is 14.8. The number of hydrogen-bond acceptors (Lipinski definition) is 4. The zero-order chi connectivity index (χ0) is 20.3. The van der Waals surface area contributed by atoms with Gasteiger partial charge in [0.05, 0.1) is 27.6 Å². The van der Waals surface area contributed by atoms with Crippen LogP contribution >= 0.6 is 0 Å². The molecule has 0 bridgehead atoms. The first-order valence-electron chi connectivity index (χ1n) is 8.93. The molecule has 1 saturated heterocycles. The minimum absolute atomic E-state index is 0.0852. The van der Waals surface area contributed by atoms with Gasteiger partial charge >= 0.3 is 7.12 Å². The molecule has 144 valence electrons. The SMILES string of the molecule is CC1(C)OB(c2c(F)cc(-c3nc4ccccc4c(=O)[nH]3)cc2F)OC1(C)C. The fourth-order valence-electron chi connectivity index (χ4n) is 3.13. The summed E-state index contributed by atoms with van der Waals surface area (Å²) in [6.45, 7) is 7.23. The third kappa shape index (κ3) is 2.93. The third-order valence-electron chi connectivity index (χ3n) is 5.45. The van der Waals surface area contributed by atoms with Gasteiger partial charge in [0.25, 0.3) is 5.56 Å². The lowest BCUT2D eigenvalue weighted by atomic mass is 9.77. The Labute approximate surface area is 160 Å². The molecule has 4 rings (SSSR count). The molecule has 1 aliphatic heterocycles. The fourth-order valence-corrected chi connectivity index (χ4v) is 3.13. The number of benzene rings is 2. The van der Waals surface area contributed by atoms with Crippen LogP contribution < -0.4 is 11.0 Å². The quantitative estimate of drug-likeness (QED) is 0.690. The number of halogens is 2. The summed E-state index contributed by atoms with van der Waals surface area (Å²) in [4.78, 5) is 19.1. The van der Waals surface area contributed by atoms with E-state index in [1.54, 1.807) is 52.0 Å². The van der Waals surface area contributed by atoms with E-state index < -0.39 is 30.0 Å². The first-order chi connectivity index (χ1) is 13.1. The van der Waals surface area contributed by atoms with Crippen LogP contribution in [0.15, 0.2) is 41.2 Å². The van der Waals surface area contributed by atoms with Crippen molar-refractivity contribution in [3.8, 4) is 11.4 Å². The molecule has 1 aliphatic rings. The average molecular weight is 384 g/mol. The Balaban J connectivity index is 1.78. The molecule has 1 N–H and O–H groups in total. The lowest BCUT2D eigenvalue weighted by Crippen LogP contribution is -2.41. The van der Waals surface area contributed by atoms with Gasteiger partial charge in [-0.3, -0.25) is 4.79 Å². The molecular formula is C20H19BF2N2O3. The number of nitrogens with zero attached hydrogens (tertiary/aromatic N) is 1. The molecule has 3 aromatic rings. The van der Waals surface area contributed by atoms with E-state index in [1.165, 1.54) is 0 Å². The van der Waals surface area contributed by atoms with E-state index in [9.17, 15) is 13.6 Å². The number of hydrogen-bond donors (Lipinski definition) is 1. The second-order valence-electron chi connectivity index (χ2n) is 7.87. The van der Waals surface area contributed by atoms with E-state index in [-0.39, 0.29) is 22.4 Å². The van der Waals surface area contributed by atoms with Crippen LogP contribution in [0, 0.1) is 11.6 Å². The summed E-state index contributed by atoms with van der Waals surface area (Å²) >= 11 is 0. The highest BCUT2D eigenvalue weighted by Gasteiger charge is 2.53. The monoisotopic (exact) mass is 384 g/mol. The second-order valence-corrected chi connectivity index (χ2v) is 7.87. The zero-order valence-corrected chi connectivity index (χ0v) is 16.0. The zero-order valence-electron chi connectivity index (χ0n) is 16.0. The second kappa shape index (κ2) is 6.22. The predicted octanol–water partition coefficient (Wildman–Crippen LogP) is 3.17. The molecular weight excluding hydrogens is 365 g/mol. The fraction of sp³-hybridized carbons (Fsp3) is 0.300. The van der Waals surface area contributed by atoms with Crippen molar-refractivity contribution < 1.29 is 18.1 Å². The average Bonchev–Trinajstić information content (AvgIpc) is 2.81. The summed E-state index contributed by atoms with van der Waals surface area (Å²) < 4.78 is 41.2. The molecule has 2 heterocycles. The van der Waals surface area contributed by atoms with Crippen molar-refractivity contribution in [1.82, 2.24) is 9.97 Å². The number of rotatable bonds is 2. The van der Waals surface area contributed by atoms with Crippen molar-refractivity contribution in [3.05, 3.63) is 58.4 Å². The number of para-hydroxylation sites is 1. The maximum absolute atomic E-state index is 14.8. The predicted molar refractivity (Wildman–Crippen MR) is 103 cm³/mol. The summed E-state index contributed by atoms with van der Waals surface area (Å²) in [5.74, 6) is -1.57. The largest absolute Gasteiger partial charge is 0.500 e. The van der Waals surface area contributed by atoms with Gasteiger partial charge in [-0.15, -0.1) is 0 Å². The van der Waals surface area contributed by atoms with Crippen LogP contribution in [-0.2, 0) is 9.31 Å². The van der Waals surface area contributed by atoms with Crippen molar-refractivity contribution in [1.29, 1.82) is 0 Å². The molecule has 0 unspecified atom stereocenters. The summed E-state index contributed by atoms with van der Waals surface area (Å²) in [6.07, 6.45) is 0. The van der Waals surface area contributed by atoms with Crippen molar-refractivity contribution in [2.24, 2.45) is 0 Å². The summed E-state index contributed by atoms with van der Waals surface area (Å²) in [5, 5.41) is 0.404. The molecule has 0 amide bonds. The Bertz CT molecular complexity index is 1100. The molecule has 5 nitrogen and oxygen atoms in total. The molecule has 1 aromatic heterocycles. The van der Waals surface area contributed by atoms with Crippen molar-refractivity contribution in [2.45, 2.75) is 38.9 Å². The Morgan fingerprint density at radius 2 is 1.57 bits per heavy atom. The Morgan fingerprint density at radius 1 is 1.00 bits per heavy atom. The number of aromatic amines is 1. The molecule has 0 radical (unpaired) electrons. The van der Waals surface area contributed by atoms with E-state index in [1.807, 2.05) is 0 Å². The van der Waals surface area contributed by atoms with Crippen molar-refractivity contribution in [2.75, 3.05) is 0 Å². The van der Waals surface area contributed by atoms with Crippen LogP contribution in [0.5, 0.6) is 0 Å². The third-order valence-corrected chi connectivity index (χ3v) is 5.45. The summed E-state index contributed by atoms with van der Waals surface area (Å²) in [6, 6.07) is 9.00. The van der Waals surface area contributed by atoms with Gasteiger partial charge in [-0.2, -0.15) is 0 Å². The van der Waals surface area contributed by atoms with Gasteiger partial charge in [0.2, 0.25) is 0 Å². The highest BCUT2D eigenvalue weighted by molar-refractivity contribution is 6.62. The number of aromatic nitrogens is 2. The van der Waals surface area contributed by atoms with Gasteiger partial charge in [-0.1, -0.05) is 12.1 Å². The van der Waals surface area contributed by atoms with Crippen LogP contribution in [0.25, 0.3) is 22.3 Å². The van der Waals surface area contributed by atoms with Gasteiger partial charge in [0.1, 0.15) is 17.5 Å². The van der Waals surface area contributed by atoms with Crippen molar-refractivity contribution >= 4 is 23.5 Å². The number of fused-ring (bicyclic) bond motifs is 1. The molecule has 0 aliphatic carbocycles. The molecule has 28 heavy (non-hydrogen) atoms. The van der Waals surface area contributed by atoms with Crippen molar-refractivity contribution in [3.63, 3.8) is 0 Å². The molecule has 2 aromatic carbocycles. The van der Waals surface area contributed by atoms with Crippen LogP contribution in [0.4, 0.5) is 8.78 Å². The Hall–Kier alpha value is -2.58. The topological polar surface area (TPSA) is 64.2 Å². The Kier molecular flexibility index (Phi) is 4.17. The highest BCUT2D eigenvalue weighted by Crippen LogP contribution is 2.37. The van der Waals surface area contributed by atoms with E-state index in [2.05, 4.69) is 9.97 Å². The van der Waals surface area contributed by atoms with Crippen LogP contribution in [0.3, 0.4) is 0 Å². The number of nitrogens with one attached hydrogen (secondary N) is 1. The van der Waals surface area contributed by atoms with Crippen LogP contribution in [0.1, 0.15) is 27.7 Å². The molecule has 0 atom stereocenters. The van der Waals surface area contributed by atoms with E-state index in [4.69, 9.17) is 9.31 Å². The lowest BCUT2D eigenvalue weighted by Gasteiger charge is -2.32. The number of H-pyrrole nitrogens is 1. The maximum Gasteiger partial charge on any atom is 0.500 e. The Morgan fingerprint density at radius 3 is 2.18 bits per heavy atom. The van der Waals surface area contributed by atoms with Crippen LogP contribution in [-0.4, -0.2) is 28.3 Å².